The van der Waals surface area contributed by atoms with E-state index in [-0.39, 0.29) is 12.4 Å². The number of nitrogens with zero attached hydrogens (tertiary/aromatic N) is 1. The maximum atomic E-state index is 8.74. The minimum absolute atomic E-state index is 0. The molecule has 0 saturated carbocycles. The molecule has 1 saturated heterocycles. The van der Waals surface area contributed by atoms with Crippen molar-refractivity contribution < 1.29 is 22.0 Å². The van der Waals surface area contributed by atoms with Crippen molar-refractivity contribution in [3.63, 3.8) is 0 Å². The van der Waals surface area contributed by atoms with Crippen LogP contribution >= 0.6 is 0 Å². The summed E-state index contributed by atoms with van der Waals surface area (Å²) in [7, 11) is 0. The first-order valence-corrected chi connectivity index (χ1v) is 4.14. The predicted octanol–water partition coefficient (Wildman–Crippen LogP) is -2.53. The Morgan fingerprint density at radius 1 is 1.36 bits per heavy atom. The van der Waals surface area contributed by atoms with Crippen LogP contribution in [0.25, 0.3) is 0 Å². The van der Waals surface area contributed by atoms with Crippen molar-refractivity contribution in [1.29, 1.82) is 0 Å². The number of hydrogen-bond acceptors (Lipinski definition) is 1. The summed E-state index contributed by atoms with van der Waals surface area (Å²) in [5.41, 5.74) is 0. The Kier molecular flexibility index (Phi) is 4.37. The molecule has 0 aromatic carbocycles. The average molecular weight is 180 g/mol. The number of halogens is 1. The van der Waals surface area contributed by atoms with Gasteiger partial charge < -0.3 is 22.0 Å². The minimum atomic E-state index is 0. The van der Waals surface area contributed by atoms with Gasteiger partial charge in [0.1, 0.15) is 19.6 Å². The lowest BCUT2D eigenvalue weighted by Gasteiger charge is -2.18. The van der Waals surface area contributed by atoms with Crippen molar-refractivity contribution in [3.8, 4) is 0 Å². The van der Waals surface area contributed by atoms with Gasteiger partial charge in [0.2, 0.25) is 0 Å². The molecule has 1 rings (SSSR count). The zero-order valence-electron chi connectivity index (χ0n) is 7.39. The zero-order chi connectivity index (χ0) is 7.61. The number of rotatable bonds is 4. The first-order valence-electron chi connectivity index (χ1n) is 4.14. The summed E-state index contributed by atoms with van der Waals surface area (Å²) in [6, 6.07) is 0. The third kappa shape index (κ3) is 3.41. The van der Waals surface area contributed by atoms with Crippen molar-refractivity contribution in [2.45, 2.75) is 13.8 Å². The van der Waals surface area contributed by atoms with E-state index < -0.39 is 0 Å². The summed E-state index contributed by atoms with van der Waals surface area (Å²) in [5.74, 6) is 0.772. The Labute approximate surface area is 75.2 Å². The molecule has 0 bridgehead atoms. The van der Waals surface area contributed by atoms with Crippen LogP contribution < -0.4 is 12.4 Å². The van der Waals surface area contributed by atoms with Crippen LogP contribution in [0.3, 0.4) is 0 Å². The van der Waals surface area contributed by atoms with Crippen LogP contribution in [0.15, 0.2) is 0 Å². The minimum Gasteiger partial charge on any atom is -1.00 e. The van der Waals surface area contributed by atoms with Gasteiger partial charge in [-0.25, -0.2) is 0 Å². The van der Waals surface area contributed by atoms with Gasteiger partial charge in [0.15, 0.2) is 0 Å². The molecular formula is C8H18ClNO. The highest BCUT2D eigenvalue weighted by atomic mass is 35.5. The second kappa shape index (κ2) is 4.29. The van der Waals surface area contributed by atoms with E-state index in [1.54, 1.807) is 0 Å². The lowest BCUT2D eigenvalue weighted by atomic mass is 10.2. The van der Waals surface area contributed by atoms with Crippen LogP contribution in [0.1, 0.15) is 13.8 Å². The quantitative estimate of drug-likeness (QED) is 0.373. The molecule has 0 spiro atoms. The van der Waals surface area contributed by atoms with Crippen LogP contribution in [0.2, 0.25) is 0 Å². The Hall–Kier alpha value is 0.210. The third-order valence-electron chi connectivity index (χ3n) is 2.18. The maximum Gasteiger partial charge on any atom is 0.129 e. The second-order valence-corrected chi connectivity index (χ2v) is 3.81. The Balaban J connectivity index is 0.000001000. The Bertz CT molecular complexity index is 113. The molecule has 1 aliphatic heterocycles. The molecule has 0 aromatic heterocycles. The molecule has 0 aromatic rings. The van der Waals surface area contributed by atoms with Gasteiger partial charge in [0.25, 0.3) is 0 Å². The SMILES string of the molecule is CC(C)C[N+]1(CCO)CC1.[Cl-]. The maximum absolute atomic E-state index is 8.74. The van der Waals surface area contributed by atoms with E-state index in [4.69, 9.17) is 5.11 Å². The molecule has 11 heavy (non-hydrogen) atoms. The van der Waals surface area contributed by atoms with E-state index in [2.05, 4.69) is 13.8 Å². The van der Waals surface area contributed by atoms with Gasteiger partial charge in [-0.05, 0) is 0 Å². The first-order chi connectivity index (χ1) is 4.68. The highest BCUT2D eigenvalue weighted by Crippen LogP contribution is 2.22. The molecule has 1 aliphatic rings. The Morgan fingerprint density at radius 2 is 1.91 bits per heavy atom. The van der Waals surface area contributed by atoms with Gasteiger partial charge in [0.05, 0.1) is 13.2 Å². The summed E-state index contributed by atoms with van der Waals surface area (Å²) >= 11 is 0. The highest BCUT2D eigenvalue weighted by molar-refractivity contribution is 4.58. The third-order valence-corrected chi connectivity index (χ3v) is 2.18. The smallest absolute Gasteiger partial charge is 0.129 e. The lowest BCUT2D eigenvalue weighted by Crippen LogP contribution is -3.00. The fraction of sp³-hybridized carbons (Fsp3) is 1.00. The van der Waals surface area contributed by atoms with Crippen molar-refractivity contribution in [1.82, 2.24) is 0 Å². The molecule has 0 radical (unpaired) electrons. The number of hydrogen-bond donors (Lipinski definition) is 1. The molecule has 2 nitrogen and oxygen atoms in total. The van der Waals surface area contributed by atoms with Gasteiger partial charge in [-0.1, -0.05) is 13.8 Å². The van der Waals surface area contributed by atoms with E-state index in [1.165, 1.54) is 24.1 Å². The molecule has 1 N–H and O–H groups in total. The summed E-state index contributed by atoms with van der Waals surface area (Å²) in [6.45, 7) is 9.65. The predicted molar refractivity (Wildman–Crippen MR) is 41.7 cm³/mol. The van der Waals surface area contributed by atoms with Crippen LogP contribution in [-0.4, -0.2) is 42.4 Å². The summed E-state index contributed by atoms with van der Waals surface area (Å²) in [6.07, 6.45) is 0. The molecule has 0 aliphatic carbocycles. The highest BCUT2D eigenvalue weighted by Gasteiger charge is 2.41. The molecule has 68 valence electrons. The van der Waals surface area contributed by atoms with E-state index in [0.29, 0.717) is 6.61 Å². The van der Waals surface area contributed by atoms with E-state index in [1.807, 2.05) is 0 Å². The molecule has 1 fully saturated rings. The fourth-order valence-electron chi connectivity index (χ4n) is 1.63. The lowest BCUT2D eigenvalue weighted by molar-refractivity contribution is -0.803. The Morgan fingerprint density at radius 3 is 2.18 bits per heavy atom. The van der Waals surface area contributed by atoms with Crippen LogP contribution in [0.5, 0.6) is 0 Å². The zero-order valence-corrected chi connectivity index (χ0v) is 8.14. The summed E-state index contributed by atoms with van der Waals surface area (Å²) in [5, 5.41) is 8.74. The second-order valence-electron chi connectivity index (χ2n) is 3.81. The van der Waals surface area contributed by atoms with Gasteiger partial charge in [0, 0.05) is 5.92 Å². The number of aliphatic hydroxyl groups excluding tert-OH is 1. The van der Waals surface area contributed by atoms with Crippen LogP contribution in [0.4, 0.5) is 0 Å². The summed E-state index contributed by atoms with van der Waals surface area (Å²) < 4.78 is 1.17. The molecule has 0 amide bonds. The topological polar surface area (TPSA) is 20.2 Å². The van der Waals surface area contributed by atoms with Crippen LogP contribution in [-0.2, 0) is 0 Å². The van der Waals surface area contributed by atoms with Crippen molar-refractivity contribution in [2.75, 3.05) is 32.8 Å². The van der Waals surface area contributed by atoms with E-state index >= 15 is 0 Å². The van der Waals surface area contributed by atoms with Gasteiger partial charge in [-0.15, -0.1) is 0 Å². The normalized spacial score (nSPS) is 19.6. The van der Waals surface area contributed by atoms with Crippen molar-refractivity contribution in [2.24, 2.45) is 5.92 Å². The van der Waals surface area contributed by atoms with E-state index in [9.17, 15) is 0 Å². The fourth-order valence-corrected chi connectivity index (χ4v) is 1.63. The average Bonchev–Trinajstić information content (AvgIpc) is 2.47. The molecule has 0 atom stereocenters. The van der Waals surface area contributed by atoms with Crippen molar-refractivity contribution in [3.05, 3.63) is 0 Å². The molecule has 3 heteroatoms. The van der Waals surface area contributed by atoms with Crippen molar-refractivity contribution >= 4 is 0 Å². The largest absolute Gasteiger partial charge is 1.00 e. The monoisotopic (exact) mass is 179 g/mol. The van der Waals surface area contributed by atoms with E-state index in [0.717, 1.165) is 12.5 Å². The first kappa shape index (κ1) is 11.2. The number of quaternary nitrogens is 1. The standard InChI is InChI=1S/C8H18NO.ClH/c1-8(2)7-9(3-4-9)5-6-10;/h8,10H,3-7H2,1-2H3;1H/q+1;/p-1. The number of aliphatic hydroxyl groups is 1. The van der Waals surface area contributed by atoms with Gasteiger partial charge in [-0.2, -0.15) is 0 Å². The van der Waals surface area contributed by atoms with Gasteiger partial charge >= 0.3 is 0 Å². The molecule has 0 unspecified atom stereocenters. The van der Waals surface area contributed by atoms with Crippen LogP contribution in [0, 0.1) is 5.92 Å². The molecular weight excluding hydrogens is 162 g/mol. The van der Waals surface area contributed by atoms with Gasteiger partial charge in [-0.3, -0.25) is 0 Å². The molecule has 1 heterocycles. The summed E-state index contributed by atoms with van der Waals surface area (Å²) in [4.78, 5) is 0.